The van der Waals surface area contributed by atoms with Gasteiger partial charge < -0.3 is 14.0 Å². The third kappa shape index (κ3) is 3.91. The highest BCUT2D eigenvalue weighted by Gasteiger charge is 2.32. The van der Waals surface area contributed by atoms with Gasteiger partial charge in [-0.3, -0.25) is 4.90 Å². The van der Waals surface area contributed by atoms with Gasteiger partial charge in [0.25, 0.3) is 0 Å². The normalized spacial score (nSPS) is 18.7. The molecule has 1 aliphatic carbocycles. The van der Waals surface area contributed by atoms with Crippen LogP contribution >= 0.6 is 0 Å². The van der Waals surface area contributed by atoms with Crippen molar-refractivity contribution in [1.29, 1.82) is 0 Å². The Labute approximate surface area is 199 Å². The van der Waals surface area contributed by atoms with E-state index in [9.17, 15) is 9.18 Å². The first kappa shape index (κ1) is 22.7. The minimum atomic E-state index is -0.343. The quantitative estimate of drug-likeness (QED) is 0.461. The Morgan fingerprint density at radius 2 is 1.91 bits per heavy atom. The molecule has 1 aliphatic heterocycles. The molecule has 2 aliphatic rings. The van der Waals surface area contributed by atoms with Crippen LogP contribution in [0.1, 0.15) is 68.4 Å². The van der Waals surface area contributed by atoms with Crippen LogP contribution in [0.15, 0.2) is 30.3 Å². The summed E-state index contributed by atoms with van der Waals surface area (Å²) in [5.41, 5.74) is 4.78. The molecular weight excluding hydrogens is 433 g/mol. The molecule has 2 heterocycles. The molecule has 0 spiro atoms. The number of hydrogen-bond donors (Lipinski definition) is 0. The minimum absolute atomic E-state index is 0.0638. The second-order valence-electron chi connectivity index (χ2n) is 9.48. The van der Waals surface area contributed by atoms with Gasteiger partial charge in [-0.1, -0.05) is 19.3 Å². The Hall–Kier alpha value is -3.09. The van der Waals surface area contributed by atoms with Crippen LogP contribution in [-0.4, -0.2) is 35.9 Å². The van der Waals surface area contributed by atoms with Crippen molar-refractivity contribution in [3.8, 4) is 5.75 Å². The van der Waals surface area contributed by atoms with Crippen molar-refractivity contribution in [3.05, 3.63) is 53.1 Å². The fourth-order valence-electron chi connectivity index (χ4n) is 5.75. The van der Waals surface area contributed by atoms with Gasteiger partial charge in [-0.15, -0.1) is 0 Å². The Morgan fingerprint density at radius 3 is 2.65 bits per heavy atom. The molecule has 1 fully saturated rings. The number of carbonyl (C=O) groups excluding carboxylic acids is 1. The summed E-state index contributed by atoms with van der Waals surface area (Å²) in [5.74, 6) is 1.30. The molecule has 34 heavy (non-hydrogen) atoms. The van der Waals surface area contributed by atoms with E-state index in [4.69, 9.17) is 14.5 Å². The van der Waals surface area contributed by atoms with Crippen molar-refractivity contribution in [1.82, 2.24) is 9.55 Å². The average molecular weight is 466 g/mol. The predicted octanol–water partition coefficient (Wildman–Crippen LogP) is 6.19. The second kappa shape index (κ2) is 9.28. The average Bonchev–Trinajstić information content (AvgIpc) is 3.22. The zero-order valence-corrected chi connectivity index (χ0v) is 20.1. The van der Waals surface area contributed by atoms with E-state index < -0.39 is 0 Å². The van der Waals surface area contributed by atoms with E-state index >= 15 is 0 Å². The third-order valence-electron chi connectivity index (χ3n) is 7.43. The number of fused-ring (bicyclic) bond motifs is 3. The van der Waals surface area contributed by atoms with Crippen molar-refractivity contribution < 1.29 is 18.7 Å². The zero-order chi connectivity index (χ0) is 23.8. The maximum Gasteiger partial charge on any atom is 0.414 e. The topological polar surface area (TPSA) is 56.6 Å². The van der Waals surface area contributed by atoms with Gasteiger partial charge in [-0.2, -0.15) is 0 Å². The number of benzene rings is 2. The SMILES string of the molecule is COC(=O)N1c2ccc3c(nc(Cc4cc(F)ccc4OC)n3C3CCCCC3)c2CC[C@@H]1C. The third-order valence-corrected chi connectivity index (χ3v) is 7.43. The summed E-state index contributed by atoms with van der Waals surface area (Å²) in [6.45, 7) is 2.05. The number of aromatic nitrogens is 2. The summed E-state index contributed by atoms with van der Waals surface area (Å²) >= 11 is 0. The lowest BCUT2D eigenvalue weighted by Gasteiger charge is -2.34. The molecule has 1 amide bonds. The summed E-state index contributed by atoms with van der Waals surface area (Å²) in [5, 5.41) is 0. The number of hydrogen-bond acceptors (Lipinski definition) is 4. The largest absolute Gasteiger partial charge is 0.496 e. The smallest absolute Gasteiger partial charge is 0.414 e. The van der Waals surface area contributed by atoms with Gasteiger partial charge in [0.05, 0.1) is 30.9 Å². The standard InChI is InChI=1S/C27H32FN3O3/c1-17-9-11-21-22(30(17)27(32)34-3)12-13-23-26(21)29-25(31(23)20-7-5-4-6-8-20)16-18-15-19(28)10-14-24(18)33-2/h10,12-15,17,20H,4-9,11,16H2,1-3H3/t17-/m0/s1. The van der Waals surface area contributed by atoms with Crippen LogP contribution in [0.2, 0.25) is 0 Å². The Balaban J connectivity index is 1.67. The number of nitrogens with zero attached hydrogens (tertiary/aromatic N) is 3. The van der Waals surface area contributed by atoms with Gasteiger partial charge in [0.2, 0.25) is 0 Å². The number of imidazole rings is 1. The van der Waals surface area contributed by atoms with Crippen molar-refractivity contribution in [3.63, 3.8) is 0 Å². The Bertz CT molecular complexity index is 1220. The molecule has 3 aromatic rings. The lowest BCUT2D eigenvalue weighted by atomic mass is 9.94. The number of anilines is 1. The molecule has 5 rings (SSSR count). The van der Waals surface area contributed by atoms with Crippen LogP contribution in [0.5, 0.6) is 5.75 Å². The summed E-state index contributed by atoms with van der Waals surface area (Å²) in [7, 11) is 3.03. The van der Waals surface area contributed by atoms with Gasteiger partial charge in [-0.25, -0.2) is 14.2 Å². The Morgan fingerprint density at radius 1 is 1.12 bits per heavy atom. The number of halogens is 1. The van der Waals surface area contributed by atoms with E-state index in [1.165, 1.54) is 32.4 Å². The number of methoxy groups -OCH3 is 2. The lowest BCUT2D eigenvalue weighted by Crippen LogP contribution is -2.42. The van der Waals surface area contributed by atoms with Crippen molar-refractivity contribution >= 4 is 22.8 Å². The highest BCUT2D eigenvalue weighted by atomic mass is 19.1. The van der Waals surface area contributed by atoms with E-state index in [1.54, 1.807) is 24.1 Å². The molecule has 0 unspecified atom stereocenters. The molecule has 1 aromatic heterocycles. The van der Waals surface area contributed by atoms with Crippen molar-refractivity contribution in [2.45, 2.75) is 70.4 Å². The molecule has 0 bridgehead atoms. The van der Waals surface area contributed by atoms with Crippen LogP contribution in [-0.2, 0) is 17.6 Å². The van der Waals surface area contributed by atoms with E-state index in [0.29, 0.717) is 18.2 Å². The van der Waals surface area contributed by atoms with E-state index in [-0.39, 0.29) is 18.0 Å². The van der Waals surface area contributed by atoms with Crippen LogP contribution in [0.25, 0.3) is 11.0 Å². The Kier molecular flexibility index (Phi) is 6.19. The maximum absolute atomic E-state index is 14.1. The predicted molar refractivity (Wildman–Crippen MR) is 130 cm³/mol. The van der Waals surface area contributed by atoms with Gasteiger partial charge in [0, 0.05) is 29.6 Å². The maximum atomic E-state index is 14.1. The van der Waals surface area contributed by atoms with Gasteiger partial charge in [0.15, 0.2) is 0 Å². The van der Waals surface area contributed by atoms with Crippen molar-refractivity contribution in [2.24, 2.45) is 0 Å². The highest BCUT2D eigenvalue weighted by Crippen LogP contribution is 2.40. The summed E-state index contributed by atoms with van der Waals surface area (Å²) in [6.07, 6.45) is 7.73. The van der Waals surface area contributed by atoms with E-state index in [2.05, 4.69) is 10.6 Å². The molecule has 0 N–H and O–H groups in total. The zero-order valence-electron chi connectivity index (χ0n) is 20.1. The molecule has 1 atom stereocenters. The molecular formula is C27H32FN3O3. The number of rotatable bonds is 4. The first-order valence-corrected chi connectivity index (χ1v) is 12.2. The van der Waals surface area contributed by atoms with E-state index in [0.717, 1.165) is 59.4 Å². The molecule has 6 nitrogen and oxygen atoms in total. The summed E-state index contributed by atoms with van der Waals surface area (Å²) in [4.78, 5) is 19.5. The van der Waals surface area contributed by atoms with Crippen molar-refractivity contribution in [2.75, 3.05) is 19.1 Å². The van der Waals surface area contributed by atoms with Gasteiger partial charge >= 0.3 is 6.09 Å². The lowest BCUT2D eigenvalue weighted by molar-refractivity contribution is 0.175. The molecule has 180 valence electrons. The number of carbonyl (C=O) groups is 1. The van der Waals surface area contributed by atoms with Gasteiger partial charge in [-0.05, 0) is 62.9 Å². The molecule has 1 saturated carbocycles. The number of ether oxygens (including phenoxy) is 2. The first-order valence-electron chi connectivity index (χ1n) is 12.2. The summed E-state index contributed by atoms with van der Waals surface area (Å²) in [6, 6.07) is 9.20. The second-order valence-corrected chi connectivity index (χ2v) is 9.48. The number of amides is 1. The van der Waals surface area contributed by atoms with E-state index in [1.807, 2.05) is 13.0 Å². The van der Waals surface area contributed by atoms with Crippen LogP contribution in [0.4, 0.5) is 14.9 Å². The monoisotopic (exact) mass is 465 g/mol. The fourth-order valence-corrected chi connectivity index (χ4v) is 5.75. The minimum Gasteiger partial charge on any atom is -0.496 e. The fraction of sp³-hybridized carbons (Fsp3) is 0.481. The van der Waals surface area contributed by atoms with Crippen LogP contribution in [0, 0.1) is 5.82 Å². The molecule has 0 saturated heterocycles. The van der Waals surface area contributed by atoms with Crippen LogP contribution < -0.4 is 9.64 Å². The highest BCUT2D eigenvalue weighted by molar-refractivity contribution is 5.95. The molecule has 2 aromatic carbocycles. The molecule has 7 heteroatoms. The van der Waals surface area contributed by atoms with Gasteiger partial charge in [0.1, 0.15) is 17.4 Å². The first-order chi connectivity index (χ1) is 16.5. The van der Waals surface area contributed by atoms with Crippen LogP contribution in [0.3, 0.4) is 0 Å². The summed E-state index contributed by atoms with van der Waals surface area (Å²) < 4.78 is 27.1. The number of aryl methyl sites for hydroxylation is 1. The molecule has 0 radical (unpaired) electrons.